The number of carbonyl (C=O) groups excluding carboxylic acids is 1. The van der Waals surface area contributed by atoms with E-state index in [1.54, 1.807) is 6.07 Å². The lowest BCUT2D eigenvalue weighted by Gasteiger charge is -2.31. The Labute approximate surface area is 158 Å². The number of piperazine rings is 1. The van der Waals surface area contributed by atoms with Gasteiger partial charge in [0.15, 0.2) is 5.76 Å². The highest BCUT2D eigenvalue weighted by Crippen LogP contribution is 2.27. The number of carbonyl (C=O) groups is 1. The summed E-state index contributed by atoms with van der Waals surface area (Å²) >= 11 is 0. The first-order valence-electron chi connectivity index (χ1n) is 9.10. The van der Waals surface area contributed by atoms with Crippen LogP contribution in [0, 0.1) is 0 Å². The van der Waals surface area contributed by atoms with Gasteiger partial charge in [-0.25, -0.2) is 0 Å². The number of furan rings is 1. The van der Waals surface area contributed by atoms with E-state index in [1.165, 1.54) is 0 Å². The third-order valence-electron chi connectivity index (χ3n) is 4.73. The van der Waals surface area contributed by atoms with E-state index in [0.717, 1.165) is 43.2 Å². The van der Waals surface area contributed by atoms with Gasteiger partial charge in [0.25, 0.3) is 5.91 Å². The molecule has 0 unspecified atom stereocenters. The summed E-state index contributed by atoms with van der Waals surface area (Å²) < 4.78 is 11.6. The van der Waals surface area contributed by atoms with Crippen molar-refractivity contribution in [2.45, 2.75) is 0 Å². The summed E-state index contributed by atoms with van der Waals surface area (Å²) in [6.07, 6.45) is 0. The molecule has 5 heteroatoms. The fourth-order valence-electron chi connectivity index (χ4n) is 3.09. The first kappa shape index (κ1) is 17.4. The lowest BCUT2D eigenvalue weighted by atomic mass is 10.2. The molecule has 2 heterocycles. The second-order valence-corrected chi connectivity index (χ2v) is 6.70. The third kappa shape index (κ3) is 4.04. The molecule has 1 aliphatic heterocycles. The molecular weight excluding hydrogens is 340 g/mol. The molecule has 138 valence electrons. The number of benzene rings is 2. The van der Waals surface area contributed by atoms with Gasteiger partial charge in [0.05, 0.1) is 0 Å². The van der Waals surface area contributed by atoms with Gasteiger partial charge < -0.3 is 19.0 Å². The van der Waals surface area contributed by atoms with E-state index in [1.807, 2.05) is 65.6 Å². The Balaban J connectivity index is 1.44. The molecule has 0 radical (unpaired) electrons. The van der Waals surface area contributed by atoms with E-state index >= 15 is 0 Å². The van der Waals surface area contributed by atoms with Crippen molar-refractivity contribution in [2.24, 2.45) is 0 Å². The Morgan fingerprint density at radius 1 is 0.852 bits per heavy atom. The summed E-state index contributed by atoms with van der Waals surface area (Å²) in [7, 11) is 2.07. The summed E-state index contributed by atoms with van der Waals surface area (Å²) in [6.45, 7) is 3.25. The second-order valence-electron chi connectivity index (χ2n) is 6.70. The molecule has 1 aromatic heterocycles. The lowest BCUT2D eigenvalue weighted by molar-refractivity contribution is 0.0633. The van der Waals surface area contributed by atoms with E-state index in [4.69, 9.17) is 9.15 Å². The molecule has 0 atom stereocenters. The molecular formula is C22H22N2O3. The quantitative estimate of drug-likeness (QED) is 0.700. The molecule has 27 heavy (non-hydrogen) atoms. The van der Waals surface area contributed by atoms with E-state index < -0.39 is 0 Å². The van der Waals surface area contributed by atoms with Crippen LogP contribution in [0.2, 0.25) is 0 Å². The van der Waals surface area contributed by atoms with Crippen LogP contribution in [0.3, 0.4) is 0 Å². The summed E-state index contributed by atoms with van der Waals surface area (Å²) in [5.41, 5.74) is 0.910. The molecule has 3 aromatic rings. The molecule has 0 spiro atoms. The number of nitrogens with zero attached hydrogens (tertiary/aromatic N) is 2. The van der Waals surface area contributed by atoms with E-state index in [2.05, 4.69) is 11.9 Å². The van der Waals surface area contributed by atoms with Gasteiger partial charge >= 0.3 is 0 Å². The number of hydrogen-bond acceptors (Lipinski definition) is 4. The van der Waals surface area contributed by atoms with Crippen molar-refractivity contribution in [1.29, 1.82) is 0 Å². The predicted octanol–water partition coefficient (Wildman–Crippen LogP) is 4.13. The molecule has 1 fully saturated rings. The maximum atomic E-state index is 12.6. The number of hydrogen-bond donors (Lipinski definition) is 0. The molecule has 5 nitrogen and oxygen atoms in total. The lowest BCUT2D eigenvalue weighted by Crippen LogP contribution is -2.47. The van der Waals surface area contributed by atoms with Crippen molar-refractivity contribution >= 4 is 5.91 Å². The Bertz CT molecular complexity index is 895. The van der Waals surface area contributed by atoms with Gasteiger partial charge in [-0.3, -0.25) is 4.79 Å². The van der Waals surface area contributed by atoms with Crippen LogP contribution < -0.4 is 4.74 Å². The summed E-state index contributed by atoms with van der Waals surface area (Å²) in [5.74, 6) is 2.57. The highest BCUT2D eigenvalue weighted by atomic mass is 16.5. The highest BCUT2D eigenvalue weighted by Gasteiger charge is 2.23. The van der Waals surface area contributed by atoms with E-state index in [0.29, 0.717) is 11.5 Å². The van der Waals surface area contributed by atoms with E-state index in [-0.39, 0.29) is 5.91 Å². The number of para-hydroxylation sites is 1. The topological polar surface area (TPSA) is 45.9 Å². The van der Waals surface area contributed by atoms with Crippen LogP contribution in [-0.2, 0) is 0 Å². The van der Waals surface area contributed by atoms with Gasteiger partial charge in [-0.2, -0.15) is 0 Å². The first-order chi connectivity index (χ1) is 13.2. The van der Waals surface area contributed by atoms with Crippen molar-refractivity contribution in [2.75, 3.05) is 33.2 Å². The van der Waals surface area contributed by atoms with Crippen LogP contribution in [0.4, 0.5) is 0 Å². The van der Waals surface area contributed by atoms with Gasteiger partial charge in [-0.1, -0.05) is 18.2 Å². The largest absolute Gasteiger partial charge is 0.457 e. The minimum Gasteiger partial charge on any atom is -0.457 e. The minimum atomic E-state index is -0.0432. The smallest absolute Gasteiger partial charge is 0.289 e. The number of amides is 1. The van der Waals surface area contributed by atoms with Gasteiger partial charge in [-0.05, 0) is 55.6 Å². The molecule has 0 saturated carbocycles. The van der Waals surface area contributed by atoms with Gasteiger partial charge in [0, 0.05) is 31.7 Å². The molecule has 1 amide bonds. The molecule has 0 N–H and O–H groups in total. The Morgan fingerprint density at radius 2 is 1.52 bits per heavy atom. The Hall–Kier alpha value is -3.05. The third-order valence-corrected chi connectivity index (χ3v) is 4.73. The number of ether oxygens (including phenoxy) is 1. The predicted molar refractivity (Wildman–Crippen MR) is 104 cm³/mol. The molecule has 0 bridgehead atoms. The fourth-order valence-corrected chi connectivity index (χ4v) is 3.09. The SMILES string of the molecule is CN1CCN(C(=O)c2ccc(-c3ccc(Oc4ccccc4)cc3)o2)CC1. The van der Waals surface area contributed by atoms with Crippen LogP contribution in [0.1, 0.15) is 10.6 Å². The molecule has 4 rings (SSSR count). The van der Waals surface area contributed by atoms with Crippen LogP contribution in [0.5, 0.6) is 11.5 Å². The van der Waals surface area contributed by atoms with Crippen LogP contribution in [0.15, 0.2) is 71.1 Å². The van der Waals surface area contributed by atoms with Crippen LogP contribution in [0.25, 0.3) is 11.3 Å². The molecule has 1 aliphatic rings. The zero-order chi connectivity index (χ0) is 18.6. The van der Waals surface area contributed by atoms with Crippen molar-refractivity contribution in [3.63, 3.8) is 0 Å². The summed E-state index contributed by atoms with van der Waals surface area (Å²) in [6, 6.07) is 20.9. The van der Waals surface area contributed by atoms with Crippen molar-refractivity contribution < 1.29 is 13.9 Å². The number of likely N-dealkylation sites (N-methyl/N-ethyl adjacent to an activating group) is 1. The first-order valence-corrected chi connectivity index (χ1v) is 9.10. The zero-order valence-electron chi connectivity index (χ0n) is 15.3. The van der Waals surface area contributed by atoms with Gasteiger partial charge in [0.1, 0.15) is 17.3 Å². The molecule has 0 aliphatic carbocycles. The normalized spacial score (nSPS) is 14.9. The number of rotatable bonds is 4. The molecule has 2 aromatic carbocycles. The van der Waals surface area contributed by atoms with Gasteiger partial charge in [0.2, 0.25) is 0 Å². The second kappa shape index (κ2) is 7.68. The minimum absolute atomic E-state index is 0.0432. The van der Waals surface area contributed by atoms with Crippen LogP contribution in [-0.4, -0.2) is 48.9 Å². The highest BCUT2D eigenvalue weighted by molar-refractivity contribution is 5.92. The average Bonchev–Trinajstić information content (AvgIpc) is 3.20. The summed E-state index contributed by atoms with van der Waals surface area (Å²) in [4.78, 5) is 16.7. The van der Waals surface area contributed by atoms with Crippen molar-refractivity contribution in [3.05, 3.63) is 72.5 Å². The summed E-state index contributed by atoms with van der Waals surface area (Å²) in [5, 5.41) is 0. The Morgan fingerprint density at radius 3 is 2.22 bits per heavy atom. The maximum Gasteiger partial charge on any atom is 0.289 e. The average molecular weight is 362 g/mol. The van der Waals surface area contributed by atoms with Gasteiger partial charge in [-0.15, -0.1) is 0 Å². The monoisotopic (exact) mass is 362 g/mol. The molecule has 1 saturated heterocycles. The van der Waals surface area contributed by atoms with Crippen molar-refractivity contribution in [3.8, 4) is 22.8 Å². The van der Waals surface area contributed by atoms with E-state index in [9.17, 15) is 4.79 Å². The standard InChI is InChI=1S/C22H22N2O3/c1-23-13-15-24(16-14-23)22(25)21-12-11-20(27-21)17-7-9-19(10-8-17)26-18-5-3-2-4-6-18/h2-12H,13-16H2,1H3. The van der Waals surface area contributed by atoms with Crippen molar-refractivity contribution in [1.82, 2.24) is 9.80 Å². The maximum absolute atomic E-state index is 12.6. The zero-order valence-corrected chi connectivity index (χ0v) is 15.3. The van der Waals surface area contributed by atoms with Crippen LogP contribution >= 0.6 is 0 Å². The Kier molecular flexibility index (Phi) is 4.94. The fraction of sp³-hybridized carbons (Fsp3) is 0.227.